The Hall–Kier alpha value is -2.24. The molecule has 22 heavy (non-hydrogen) atoms. The Morgan fingerprint density at radius 2 is 2.41 bits per heavy atom. The highest BCUT2D eigenvalue weighted by Crippen LogP contribution is 2.24. The number of aromatic nitrogens is 4. The Labute approximate surface area is 130 Å². The highest BCUT2D eigenvalue weighted by atomic mass is 16.2. The number of H-pyrrole nitrogens is 1. The molecule has 0 aliphatic carbocycles. The van der Waals surface area contributed by atoms with E-state index in [1.807, 2.05) is 30.2 Å². The van der Waals surface area contributed by atoms with Crippen molar-refractivity contribution in [3.8, 4) is 0 Å². The highest BCUT2D eigenvalue weighted by Gasteiger charge is 2.26. The van der Waals surface area contributed by atoms with Crippen LogP contribution >= 0.6 is 0 Å². The van der Waals surface area contributed by atoms with Gasteiger partial charge in [0.15, 0.2) is 5.82 Å². The number of hydrogen-bond acceptors (Lipinski definition) is 4. The van der Waals surface area contributed by atoms with Crippen molar-refractivity contribution < 1.29 is 4.79 Å². The molecule has 0 aromatic carbocycles. The van der Waals surface area contributed by atoms with Gasteiger partial charge in [-0.3, -0.25) is 14.9 Å². The molecule has 0 saturated carbocycles. The molecular formula is C16H21N5O. The zero-order valence-electron chi connectivity index (χ0n) is 12.8. The van der Waals surface area contributed by atoms with Gasteiger partial charge >= 0.3 is 0 Å². The van der Waals surface area contributed by atoms with E-state index in [2.05, 4.69) is 20.2 Å². The first-order valence-electron chi connectivity index (χ1n) is 7.78. The zero-order valence-corrected chi connectivity index (χ0v) is 12.8. The first kappa shape index (κ1) is 14.7. The lowest BCUT2D eigenvalue weighted by atomic mass is 9.97. The van der Waals surface area contributed by atoms with Gasteiger partial charge in [0, 0.05) is 37.8 Å². The number of amides is 1. The number of aromatic amines is 1. The van der Waals surface area contributed by atoms with Crippen LogP contribution in [0.25, 0.3) is 0 Å². The average molecular weight is 299 g/mol. The summed E-state index contributed by atoms with van der Waals surface area (Å²) in [6.07, 6.45) is 6.90. The molecule has 1 atom stereocenters. The van der Waals surface area contributed by atoms with E-state index in [9.17, 15) is 4.79 Å². The lowest BCUT2D eigenvalue weighted by molar-refractivity contribution is -0.132. The molecule has 3 heterocycles. The van der Waals surface area contributed by atoms with Crippen molar-refractivity contribution in [2.45, 2.75) is 38.5 Å². The summed E-state index contributed by atoms with van der Waals surface area (Å²) in [5.41, 5.74) is 1.11. The summed E-state index contributed by atoms with van der Waals surface area (Å²) < 4.78 is 0. The quantitative estimate of drug-likeness (QED) is 0.935. The monoisotopic (exact) mass is 299 g/mol. The van der Waals surface area contributed by atoms with Gasteiger partial charge in [-0.2, -0.15) is 5.10 Å². The van der Waals surface area contributed by atoms with E-state index in [-0.39, 0.29) is 11.8 Å². The maximum atomic E-state index is 12.4. The van der Waals surface area contributed by atoms with E-state index in [1.165, 1.54) is 0 Å². The van der Waals surface area contributed by atoms with Crippen LogP contribution in [-0.4, -0.2) is 44.1 Å². The molecule has 1 N–H and O–H groups in total. The summed E-state index contributed by atoms with van der Waals surface area (Å²) in [5, 5.41) is 7.13. The third kappa shape index (κ3) is 3.50. The van der Waals surface area contributed by atoms with Gasteiger partial charge in [-0.05, 0) is 37.8 Å². The van der Waals surface area contributed by atoms with Gasteiger partial charge in [0.25, 0.3) is 0 Å². The van der Waals surface area contributed by atoms with Gasteiger partial charge in [0.05, 0.1) is 0 Å². The summed E-state index contributed by atoms with van der Waals surface area (Å²) in [6.45, 7) is 3.46. The number of rotatable bonds is 4. The van der Waals surface area contributed by atoms with Crippen molar-refractivity contribution in [3.63, 3.8) is 0 Å². The number of nitrogens with zero attached hydrogens (tertiary/aromatic N) is 4. The standard InChI is InChI=1S/C16H21N5O/c1-12-18-16(20-19-12)14-5-3-9-21(11-14)15(22)7-6-13-4-2-8-17-10-13/h2,4,8,10,14H,3,5-7,9,11H2,1H3,(H,18,19,20)/t14-/m1/s1. The number of carbonyl (C=O) groups excluding carboxylic acids is 1. The van der Waals surface area contributed by atoms with Crippen molar-refractivity contribution in [1.82, 2.24) is 25.1 Å². The van der Waals surface area contributed by atoms with Crippen LogP contribution in [-0.2, 0) is 11.2 Å². The van der Waals surface area contributed by atoms with Gasteiger partial charge in [-0.1, -0.05) is 6.07 Å². The van der Waals surface area contributed by atoms with E-state index in [4.69, 9.17) is 0 Å². The van der Waals surface area contributed by atoms with E-state index >= 15 is 0 Å². The average Bonchev–Trinajstić information content (AvgIpc) is 3.00. The van der Waals surface area contributed by atoms with Crippen molar-refractivity contribution in [2.75, 3.05) is 13.1 Å². The maximum absolute atomic E-state index is 12.4. The largest absolute Gasteiger partial charge is 0.342 e. The van der Waals surface area contributed by atoms with Crippen LogP contribution in [0.5, 0.6) is 0 Å². The number of pyridine rings is 1. The number of hydrogen-bond donors (Lipinski definition) is 1. The Bertz CT molecular complexity index is 624. The lowest BCUT2D eigenvalue weighted by Gasteiger charge is -2.31. The SMILES string of the molecule is Cc1nc([C@@H]2CCCN(C(=O)CCc3cccnc3)C2)n[nH]1. The molecule has 0 spiro atoms. The Kier molecular flexibility index (Phi) is 4.46. The fourth-order valence-electron chi connectivity index (χ4n) is 2.91. The third-order valence-corrected chi connectivity index (χ3v) is 4.10. The Balaban J connectivity index is 1.56. The van der Waals surface area contributed by atoms with Crippen LogP contribution in [0.3, 0.4) is 0 Å². The summed E-state index contributed by atoms with van der Waals surface area (Å²) in [7, 11) is 0. The number of piperidine rings is 1. The summed E-state index contributed by atoms with van der Waals surface area (Å²) in [4.78, 5) is 22.9. The minimum Gasteiger partial charge on any atom is -0.342 e. The normalized spacial score (nSPS) is 18.4. The molecule has 1 aliphatic rings. The molecular weight excluding hydrogens is 278 g/mol. The smallest absolute Gasteiger partial charge is 0.222 e. The molecule has 0 unspecified atom stereocenters. The van der Waals surface area contributed by atoms with Gasteiger partial charge < -0.3 is 4.90 Å². The molecule has 116 valence electrons. The van der Waals surface area contributed by atoms with Gasteiger partial charge in [0.2, 0.25) is 5.91 Å². The fraction of sp³-hybridized carbons (Fsp3) is 0.500. The van der Waals surface area contributed by atoms with Crippen LogP contribution in [0.2, 0.25) is 0 Å². The molecule has 1 fully saturated rings. The van der Waals surface area contributed by atoms with Crippen molar-refractivity contribution >= 4 is 5.91 Å². The van der Waals surface area contributed by atoms with E-state index in [0.717, 1.165) is 49.6 Å². The molecule has 2 aromatic rings. The number of carbonyl (C=O) groups is 1. The van der Waals surface area contributed by atoms with Crippen molar-refractivity contribution in [1.29, 1.82) is 0 Å². The van der Waals surface area contributed by atoms with Crippen LogP contribution in [0, 0.1) is 6.92 Å². The van der Waals surface area contributed by atoms with E-state index < -0.39 is 0 Å². The second-order valence-corrected chi connectivity index (χ2v) is 5.82. The minimum atomic E-state index is 0.209. The topological polar surface area (TPSA) is 74.8 Å². The van der Waals surface area contributed by atoms with Crippen LogP contribution in [0.1, 0.15) is 42.4 Å². The van der Waals surface area contributed by atoms with Crippen molar-refractivity contribution in [3.05, 3.63) is 41.7 Å². The van der Waals surface area contributed by atoms with Gasteiger partial charge in [-0.25, -0.2) is 4.98 Å². The molecule has 6 heteroatoms. The predicted molar refractivity (Wildman–Crippen MR) is 82.2 cm³/mol. The van der Waals surface area contributed by atoms with E-state index in [0.29, 0.717) is 6.42 Å². The summed E-state index contributed by atoms with van der Waals surface area (Å²) in [6, 6.07) is 3.91. The highest BCUT2D eigenvalue weighted by molar-refractivity contribution is 5.76. The maximum Gasteiger partial charge on any atom is 0.222 e. The number of nitrogens with one attached hydrogen (secondary N) is 1. The molecule has 0 radical (unpaired) electrons. The van der Waals surface area contributed by atoms with Crippen LogP contribution in [0.4, 0.5) is 0 Å². The second-order valence-electron chi connectivity index (χ2n) is 5.82. The zero-order chi connectivity index (χ0) is 15.4. The minimum absolute atomic E-state index is 0.209. The molecule has 1 aliphatic heterocycles. The Morgan fingerprint density at radius 3 is 3.14 bits per heavy atom. The third-order valence-electron chi connectivity index (χ3n) is 4.10. The second kappa shape index (κ2) is 6.68. The molecule has 0 bridgehead atoms. The molecule has 2 aromatic heterocycles. The molecule has 3 rings (SSSR count). The molecule has 6 nitrogen and oxygen atoms in total. The first-order chi connectivity index (χ1) is 10.7. The van der Waals surface area contributed by atoms with Crippen LogP contribution < -0.4 is 0 Å². The van der Waals surface area contributed by atoms with E-state index in [1.54, 1.807) is 6.20 Å². The number of aryl methyl sites for hydroxylation is 2. The summed E-state index contributed by atoms with van der Waals surface area (Å²) >= 11 is 0. The first-order valence-corrected chi connectivity index (χ1v) is 7.78. The Morgan fingerprint density at radius 1 is 1.50 bits per heavy atom. The molecule has 1 amide bonds. The molecule has 1 saturated heterocycles. The number of likely N-dealkylation sites (tertiary alicyclic amines) is 1. The lowest BCUT2D eigenvalue weighted by Crippen LogP contribution is -2.39. The van der Waals surface area contributed by atoms with Gasteiger partial charge in [-0.15, -0.1) is 0 Å². The fourth-order valence-corrected chi connectivity index (χ4v) is 2.91. The predicted octanol–water partition coefficient (Wildman–Crippen LogP) is 1.85. The van der Waals surface area contributed by atoms with Gasteiger partial charge in [0.1, 0.15) is 5.82 Å². The van der Waals surface area contributed by atoms with Crippen LogP contribution in [0.15, 0.2) is 24.5 Å². The summed E-state index contributed by atoms with van der Waals surface area (Å²) in [5.74, 6) is 2.12. The van der Waals surface area contributed by atoms with Crippen molar-refractivity contribution in [2.24, 2.45) is 0 Å².